The first-order chi connectivity index (χ1) is 11.4. The van der Waals surface area contributed by atoms with Crippen molar-refractivity contribution in [2.24, 2.45) is 0 Å². The standard InChI is InChI=1S/C16H20N2O6/c1-10-3-4-11-12(7-10)24-13(8-15(20)21)16(22)18(11)9-14(19)17-5-6-23-2/h3-4,7,13H,5-6,8-9H2,1-2H3,(H,17,19)(H,20,21). The van der Waals surface area contributed by atoms with Gasteiger partial charge in [0.1, 0.15) is 12.3 Å². The van der Waals surface area contributed by atoms with Gasteiger partial charge in [-0.05, 0) is 24.6 Å². The Bertz CT molecular complexity index is 645. The first-order valence-corrected chi connectivity index (χ1v) is 7.48. The van der Waals surface area contributed by atoms with E-state index in [1.807, 2.05) is 6.92 Å². The van der Waals surface area contributed by atoms with Crippen LogP contribution in [-0.2, 0) is 19.1 Å². The number of hydrogen-bond acceptors (Lipinski definition) is 5. The molecular weight excluding hydrogens is 316 g/mol. The van der Waals surface area contributed by atoms with Crippen molar-refractivity contribution in [3.8, 4) is 5.75 Å². The number of carbonyl (C=O) groups is 3. The highest BCUT2D eigenvalue weighted by Gasteiger charge is 2.36. The molecular formula is C16H20N2O6. The summed E-state index contributed by atoms with van der Waals surface area (Å²) in [6.45, 7) is 2.33. The zero-order chi connectivity index (χ0) is 17.7. The number of rotatable bonds is 7. The summed E-state index contributed by atoms with van der Waals surface area (Å²) in [7, 11) is 1.52. The molecule has 0 spiro atoms. The monoisotopic (exact) mass is 336 g/mol. The van der Waals surface area contributed by atoms with E-state index in [9.17, 15) is 14.4 Å². The van der Waals surface area contributed by atoms with E-state index in [2.05, 4.69) is 5.32 Å². The number of aryl methyl sites for hydroxylation is 1. The molecule has 1 aromatic rings. The normalized spacial score (nSPS) is 16.3. The summed E-state index contributed by atoms with van der Waals surface area (Å²) in [5.41, 5.74) is 1.36. The summed E-state index contributed by atoms with van der Waals surface area (Å²) in [6.07, 6.45) is -1.61. The molecule has 1 heterocycles. The van der Waals surface area contributed by atoms with Crippen molar-refractivity contribution < 1.29 is 29.0 Å². The van der Waals surface area contributed by atoms with Crippen LogP contribution in [0.2, 0.25) is 0 Å². The minimum atomic E-state index is -1.15. The Morgan fingerprint density at radius 1 is 1.42 bits per heavy atom. The van der Waals surface area contributed by atoms with Crippen LogP contribution in [0.3, 0.4) is 0 Å². The van der Waals surface area contributed by atoms with Crippen molar-refractivity contribution in [1.82, 2.24) is 5.32 Å². The van der Waals surface area contributed by atoms with Crippen LogP contribution in [0.1, 0.15) is 12.0 Å². The number of carbonyl (C=O) groups excluding carboxylic acids is 2. The number of methoxy groups -OCH3 is 1. The number of benzene rings is 1. The van der Waals surface area contributed by atoms with Crippen LogP contribution in [-0.4, -0.2) is 55.8 Å². The van der Waals surface area contributed by atoms with E-state index in [4.69, 9.17) is 14.6 Å². The molecule has 1 aliphatic rings. The molecule has 0 saturated heterocycles. The molecule has 1 atom stereocenters. The quantitative estimate of drug-likeness (QED) is 0.695. The molecule has 24 heavy (non-hydrogen) atoms. The third-order valence-corrected chi connectivity index (χ3v) is 3.51. The van der Waals surface area contributed by atoms with Crippen molar-refractivity contribution >= 4 is 23.5 Å². The number of carboxylic acids is 1. The van der Waals surface area contributed by atoms with Gasteiger partial charge in [0.2, 0.25) is 5.91 Å². The van der Waals surface area contributed by atoms with Crippen LogP contribution in [0.5, 0.6) is 5.75 Å². The van der Waals surface area contributed by atoms with Gasteiger partial charge >= 0.3 is 5.97 Å². The number of nitrogens with zero attached hydrogens (tertiary/aromatic N) is 1. The van der Waals surface area contributed by atoms with Crippen LogP contribution in [0.4, 0.5) is 5.69 Å². The fraction of sp³-hybridized carbons (Fsp3) is 0.438. The molecule has 0 aromatic heterocycles. The molecule has 0 radical (unpaired) electrons. The fourth-order valence-corrected chi connectivity index (χ4v) is 2.38. The molecule has 0 bridgehead atoms. The van der Waals surface area contributed by atoms with E-state index in [0.717, 1.165) is 5.56 Å². The summed E-state index contributed by atoms with van der Waals surface area (Å²) >= 11 is 0. The molecule has 2 amide bonds. The minimum absolute atomic E-state index is 0.210. The minimum Gasteiger partial charge on any atom is -0.481 e. The Morgan fingerprint density at radius 3 is 2.83 bits per heavy atom. The van der Waals surface area contributed by atoms with Gasteiger partial charge in [0.05, 0.1) is 18.7 Å². The van der Waals surface area contributed by atoms with E-state index >= 15 is 0 Å². The first kappa shape index (κ1) is 17.7. The van der Waals surface area contributed by atoms with Crippen molar-refractivity contribution in [1.29, 1.82) is 0 Å². The molecule has 0 saturated carbocycles. The van der Waals surface area contributed by atoms with Gasteiger partial charge in [0.15, 0.2) is 6.10 Å². The number of nitrogens with one attached hydrogen (secondary N) is 1. The van der Waals surface area contributed by atoms with Crippen LogP contribution >= 0.6 is 0 Å². The highest BCUT2D eigenvalue weighted by molar-refractivity contribution is 6.04. The lowest BCUT2D eigenvalue weighted by Crippen LogP contribution is -2.50. The number of ether oxygens (including phenoxy) is 2. The average Bonchev–Trinajstić information content (AvgIpc) is 2.51. The Kier molecular flexibility index (Phi) is 5.75. The molecule has 1 unspecified atom stereocenters. The Morgan fingerprint density at radius 2 is 2.17 bits per heavy atom. The van der Waals surface area contributed by atoms with Gasteiger partial charge in [0.25, 0.3) is 5.91 Å². The third-order valence-electron chi connectivity index (χ3n) is 3.51. The van der Waals surface area contributed by atoms with E-state index in [0.29, 0.717) is 24.6 Å². The van der Waals surface area contributed by atoms with Crippen molar-refractivity contribution in [3.63, 3.8) is 0 Å². The fourth-order valence-electron chi connectivity index (χ4n) is 2.38. The molecule has 8 nitrogen and oxygen atoms in total. The van der Waals surface area contributed by atoms with Crippen LogP contribution in [0, 0.1) is 6.92 Å². The molecule has 0 aliphatic carbocycles. The van der Waals surface area contributed by atoms with Gasteiger partial charge in [-0.15, -0.1) is 0 Å². The molecule has 0 fully saturated rings. The molecule has 2 N–H and O–H groups in total. The van der Waals surface area contributed by atoms with Crippen LogP contribution in [0.15, 0.2) is 18.2 Å². The second kappa shape index (κ2) is 7.78. The average molecular weight is 336 g/mol. The number of anilines is 1. The van der Waals surface area contributed by atoms with Gasteiger partial charge in [-0.3, -0.25) is 19.3 Å². The highest BCUT2D eigenvalue weighted by atomic mass is 16.5. The summed E-state index contributed by atoms with van der Waals surface area (Å²) in [6, 6.07) is 5.19. The van der Waals surface area contributed by atoms with E-state index in [1.165, 1.54) is 12.0 Å². The maximum Gasteiger partial charge on any atom is 0.307 e. The predicted octanol–water partition coefficient (Wildman–Crippen LogP) is 0.326. The number of amides is 2. The highest BCUT2D eigenvalue weighted by Crippen LogP contribution is 2.35. The molecule has 130 valence electrons. The number of fused-ring (bicyclic) bond motifs is 1. The van der Waals surface area contributed by atoms with E-state index in [-0.39, 0.29) is 12.5 Å². The Balaban J connectivity index is 2.21. The summed E-state index contributed by atoms with van der Waals surface area (Å²) in [4.78, 5) is 36.7. The second-order valence-corrected chi connectivity index (χ2v) is 5.44. The van der Waals surface area contributed by atoms with Gasteiger partial charge in [-0.25, -0.2) is 0 Å². The number of aliphatic carboxylic acids is 1. The molecule has 1 aliphatic heterocycles. The van der Waals surface area contributed by atoms with Crippen molar-refractivity contribution in [3.05, 3.63) is 23.8 Å². The van der Waals surface area contributed by atoms with Gasteiger partial charge in [0, 0.05) is 13.7 Å². The van der Waals surface area contributed by atoms with Crippen molar-refractivity contribution in [2.45, 2.75) is 19.4 Å². The maximum absolute atomic E-state index is 12.5. The van der Waals surface area contributed by atoms with Gasteiger partial charge < -0.3 is 19.9 Å². The number of hydrogen-bond donors (Lipinski definition) is 2. The lowest BCUT2D eigenvalue weighted by Gasteiger charge is -2.33. The Labute approximate surface area is 139 Å². The predicted molar refractivity (Wildman–Crippen MR) is 85.1 cm³/mol. The number of carboxylic acid groups (broad SMARTS) is 1. The van der Waals surface area contributed by atoms with E-state index in [1.54, 1.807) is 18.2 Å². The summed E-state index contributed by atoms with van der Waals surface area (Å²) < 4.78 is 10.4. The summed E-state index contributed by atoms with van der Waals surface area (Å²) in [5.74, 6) is -1.65. The molecule has 1 aromatic carbocycles. The van der Waals surface area contributed by atoms with Crippen LogP contribution < -0.4 is 15.0 Å². The zero-order valence-corrected chi connectivity index (χ0v) is 13.6. The summed E-state index contributed by atoms with van der Waals surface area (Å²) in [5, 5.41) is 11.6. The molecule has 8 heteroatoms. The van der Waals surface area contributed by atoms with Gasteiger partial charge in [-0.2, -0.15) is 0 Å². The second-order valence-electron chi connectivity index (χ2n) is 5.44. The SMILES string of the molecule is COCCNC(=O)CN1C(=O)C(CC(=O)O)Oc2cc(C)ccc21. The van der Waals surface area contributed by atoms with E-state index < -0.39 is 24.4 Å². The topological polar surface area (TPSA) is 105 Å². The smallest absolute Gasteiger partial charge is 0.307 e. The maximum atomic E-state index is 12.5. The lowest BCUT2D eigenvalue weighted by molar-refractivity contribution is -0.142. The molecule has 2 rings (SSSR count). The first-order valence-electron chi connectivity index (χ1n) is 7.48. The lowest BCUT2D eigenvalue weighted by atomic mass is 10.1. The van der Waals surface area contributed by atoms with Crippen LogP contribution in [0.25, 0.3) is 0 Å². The largest absolute Gasteiger partial charge is 0.481 e. The van der Waals surface area contributed by atoms with Crippen molar-refractivity contribution in [2.75, 3.05) is 31.7 Å². The Hall–Kier alpha value is -2.61. The zero-order valence-electron chi connectivity index (χ0n) is 13.6. The third kappa shape index (κ3) is 4.23. The van der Waals surface area contributed by atoms with Gasteiger partial charge in [-0.1, -0.05) is 6.07 Å².